The highest BCUT2D eigenvalue weighted by Gasteiger charge is 2.45. The lowest BCUT2D eigenvalue weighted by molar-refractivity contribution is -0.193. The van der Waals surface area contributed by atoms with Gasteiger partial charge in [0, 0.05) is 6.55 Å². The monoisotopic (exact) mass is 440 g/mol. The lowest BCUT2D eigenvalue weighted by Gasteiger charge is -2.27. The Balaban J connectivity index is 0. The van der Waals surface area contributed by atoms with Gasteiger partial charge in [-0.2, -0.15) is 52.7 Å². The summed E-state index contributed by atoms with van der Waals surface area (Å²) in [6, 6.07) is 0. The summed E-state index contributed by atoms with van der Waals surface area (Å²) in [7, 11) is -4.74. The molecule has 0 aliphatic carbocycles. The van der Waals surface area contributed by atoms with Crippen molar-refractivity contribution in [1.29, 1.82) is 0 Å². The van der Waals surface area contributed by atoms with E-state index in [0.717, 1.165) is 0 Å². The molecule has 0 aromatic rings. The smallest absolute Gasteiger partial charge is 0.387 e. The molecule has 0 saturated heterocycles. The van der Waals surface area contributed by atoms with Gasteiger partial charge in [0.1, 0.15) is 26.4 Å². The largest absolute Gasteiger partial charge is 0.498 e. The molecule has 17 heteroatoms. The average molecular weight is 440 g/mol. The molecular weight excluding hydrogens is 428 g/mol. The van der Waals surface area contributed by atoms with Gasteiger partial charge in [0.05, 0.1) is 0 Å². The van der Waals surface area contributed by atoms with Gasteiger partial charge in [0.15, 0.2) is 0 Å². The second-order valence-corrected chi connectivity index (χ2v) is 6.94. The zero-order valence-corrected chi connectivity index (χ0v) is 13.5. The Kier molecular flexibility index (Phi) is 10.5. The summed E-state index contributed by atoms with van der Waals surface area (Å²) in [6.07, 6.45) is -19.2. The predicted octanol–water partition coefficient (Wildman–Crippen LogP) is 3.83. The molecule has 0 unspecified atom stereocenters. The van der Waals surface area contributed by atoms with Crippen molar-refractivity contribution in [3.8, 4) is 0 Å². The van der Waals surface area contributed by atoms with Crippen LogP contribution >= 0.6 is 0 Å². The van der Waals surface area contributed by atoms with Crippen molar-refractivity contribution in [2.45, 2.75) is 31.3 Å². The second-order valence-electron chi connectivity index (χ2n) is 4.35. The lowest BCUT2D eigenvalue weighted by atomic mass is 10.7. The van der Waals surface area contributed by atoms with E-state index >= 15 is 0 Å². The summed E-state index contributed by atoms with van der Waals surface area (Å²) in [4.78, 5) is 0. The molecule has 1 N–H and O–H groups in total. The van der Waals surface area contributed by atoms with Gasteiger partial charge in [-0.25, -0.2) is 0 Å². The van der Waals surface area contributed by atoms with Crippen LogP contribution in [0.4, 0.5) is 52.7 Å². The van der Waals surface area contributed by atoms with Crippen LogP contribution in [0.25, 0.3) is 0 Å². The fourth-order valence-electron chi connectivity index (χ4n) is 0.764. The van der Waals surface area contributed by atoms with Crippen molar-refractivity contribution in [3.63, 3.8) is 0 Å². The highest BCUT2D eigenvalue weighted by molar-refractivity contribution is 6.59. The minimum absolute atomic E-state index is 0.510. The first-order valence-electron chi connectivity index (χ1n) is 5.98. The van der Waals surface area contributed by atoms with Gasteiger partial charge in [-0.05, 0) is 0 Å². The highest BCUT2D eigenvalue weighted by Crippen LogP contribution is 2.24. The molecule has 0 aliphatic rings. The first-order chi connectivity index (χ1) is 11.2. The number of alkyl halides is 12. The van der Waals surface area contributed by atoms with Crippen LogP contribution in [0.3, 0.4) is 0 Å². The summed E-state index contributed by atoms with van der Waals surface area (Å²) in [6.45, 7) is -7.45. The zero-order chi connectivity index (χ0) is 21.4. The van der Waals surface area contributed by atoms with Crippen LogP contribution in [-0.4, -0.2) is 65.0 Å². The number of aliphatic hydroxyl groups excluding tert-OH is 1. The average Bonchev–Trinajstić information content (AvgIpc) is 2.39. The molecule has 0 spiro atoms. The molecule has 0 heterocycles. The van der Waals surface area contributed by atoms with Gasteiger partial charge >= 0.3 is 33.5 Å². The van der Waals surface area contributed by atoms with E-state index in [9.17, 15) is 52.7 Å². The summed E-state index contributed by atoms with van der Waals surface area (Å²) < 4.78 is 150. The van der Waals surface area contributed by atoms with Crippen molar-refractivity contribution < 1.29 is 71.1 Å². The molecule has 160 valence electrons. The molecule has 26 heavy (non-hydrogen) atoms. The third kappa shape index (κ3) is 21.3. The molecule has 0 radical (unpaired) electrons. The number of halogens is 12. The predicted molar refractivity (Wildman–Crippen MR) is 60.8 cm³/mol. The van der Waals surface area contributed by atoms with Crippen molar-refractivity contribution in [2.75, 3.05) is 26.4 Å². The van der Waals surface area contributed by atoms with Crippen LogP contribution in [0, 0.1) is 0 Å². The van der Waals surface area contributed by atoms with E-state index < -0.39 is 59.9 Å². The van der Waals surface area contributed by atoms with Gasteiger partial charge < -0.3 is 18.4 Å². The number of hydrogen-bond donors (Lipinski definition) is 1. The first kappa shape index (κ1) is 27.4. The first-order valence-corrected chi connectivity index (χ1v) is 8.20. The maximum atomic E-state index is 11.9. The van der Waals surface area contributed by atoms with E-state index in [4.69, 9.17) is 5.11 Å². The molecule has 0 bridgehead atoms. The minimum atomic E-state index is -4.95. The normalized spacial score (nSPS) is 14.1. The van der Waals surface area contributed by atoms with E-state index in [2.05, 4.69) is 13.3 Å². The molecule has 0 rings (SSSR count). The van der Waals surface area contributed by atoms with Crippen molar-refractivity contribution in [2.24, 2.45) is 0 Å². The molecule has 0 aromatic carbocycles. The second kappa shape index (κ2) is 9.95. The molecule has 0 atom stereocenters. The van der Waals surface area contributed by atoms with E-state index in [-0.39, 0.29) is 0 Å². The SMILES string of the molecule is C[Si](OCC(F)(F)F)(OCC(F)(F)F)OCC(F)(F)F.OCC(F)(F)F. The summed E-state index contributed by atoms with van der Waals surface area (Å²) in [5.41, 5.74) is 0. The fraction of sp³-hybridized carbons (Fsp3) is 1.00. The van der Waals surface area contributed by atoms with Gasteiger partial charge in [0.2, 0.25) is 0 Å². The number of aliphatic hydroxyl groups is 1. The molecule has 0 aliphatic heterocycles. The van der Waals surface area contributed by atoms with Crippen LogP contribution in [0.15, 0.2) is 0 Å². The van der Waals surface area contributed by atoms with Crippen LogP contribution in [-0.2, 0) is 13.3 Å². The third-order valence-electron chi connectivity index (χ3n) is 1.67. The molecule has 0 fully saturated rings. The molecule has 4 nitrogen and oxygen atoms in total. The summed E-state index contributed by atoms with van der Waals surface area (Å²) in [5.74, 6) is 0. The van der Waals surface area contributed by atoms with E-state index in [1.165, 1.54) is 0 Å². The third-order valence-corrected chi connectivity index (χ3v) is 3.68. The van der Waals surface area contributed by atoms with Crippen LogP contribution in [0.2, 0.25) is 6.55 Å². The van der Waals surface area contributed by atoms with Gasteiger partial charge in [-0.1, -0.05) is 0 Å². The Labute approximate surface area is 139 Å². The Hall–Kier alpha value is -0.783. The van der Waals surface area contributed by atoms with E-state index in [1.54, 1.807) is 0 Å². The summed E-state index contributed by atoms with van der Waals surface area (Å²) in [5, 5.41) is 7.28. The highest BCUT2D eigenvalue weighted by atomic mass is 28.4. The van der Waals surface area contributed by atoms with Crippen LogP contribution < -0.4 is 0 Å². The van der Waals surface area contributed by atoms with Gasteiger partial charge in [-0.3, -0.25) is 0 Å². The Morgan fingerprint density at radius 3 is 0.885 bits per heavy atom. The fourth-order valence-corrected chi connectivity index (χ4v) is 2.29. The molecular formula is C9H12F12O4Si. The maximum Gasteiger partial charge on any atom is 0.498 e. The lowest BCUT2D eigenvalue weighted by Crippen LogP contribution is -2.48. The van der Waals surface area contributed by atoms with Crippen molar-refractivity contribution in [3.05, 3.63) is 0 Å². The van der Waals surface area contributed by atoms with Crippen LogP contribution in [0.5, 0.6) is 0 Å². The number of hydrogen-bond acceptors (Lipinski definition) is 4. The quantitative estimate of drug-likeness (QED) is 0.504. The van der Waals surface area contributed by atoms with E-state index in [1.807, 2.05) is 0 Å². The Morgan fingerprint density at radius 1 is 0.577 bits per heavy atom. The minimum Gasteiger partial charge on any atom is -0.387 e. The van der Waals surface area contributed by atoms with Gasteiger partial charge in [-0.15, -0.1) is 0 Å². The maximum absolute atomic E-state index is 11.9. The van der Waals surface area contributed by atoms with Crippen LogP contribution in [0.1, 0.15) is 0 Å². The zero-order valence-electron chi connectivity index (χ0n) is 12.5. The standard InChI is InChI=1S/C7H9F9O3Si.C2H3F3O/c1-20(17-2-5(8,9)10,18-3-6(11,12)13)19-4-7(14,15)16;3-2(4,5)1-6/h2-4H2,1H3;6H,1H2. The number of rotatable bonds is 6. The van der Waals surface area contributed by atoms with Crippen molar-refractivity contribution in [1.82, 2.24) is 0 Å². The Morgan fingerprint density at radius 2 is 0.769 bits per heavy atom. The van der Waals surface area contributed by atoms with Crippen molar-refractivity contribution >= 4 is 8.80 Å². The van der Waals surface area contributed by atoms with Gasteiger partial charge in [0.25, 0.3) is 0 Å². The summed E-state index contributed by atoms with van der Waals surface area (Å²) >= 11 is 0. The topological polar surface area (TPSA) is 47.9 Å². The molecule has 0 saturated carbocycles. The Bertz CT molecular complexity index is 343. The molecule has 0 amide bonds. The molecule has 0 aromatic heterocycles. The van der Waals surface area contributed by atoms with E-state index in [0.29, 0.717) is 6.55 Å².